The third-order valence-corrected chi connectivity index (χ3v) is 5.59. The van der Waals surface area contributed by atoms with Crippen LogP contribution in [-0.4, -0.2) is 10.5 Å². The number of carbonyl (C=O) groups excluding carboxylic acids is 1. The maximum atomic E-state index is 13.4. The zero-order chi connectivity index (χ0) is 21.4. The lowest BCUT2D eigenvalue weighted by Crippen LogP contribution is -2.21. The summed E-state index contributed by atoms with van der Waals surface area (Å²) in [4.78, 5) is 26.2. The van der Waals surface area contributed by atoms with Crippen molar-refractivity contribution < 1.29 is 9.18 Å². The van der Waals surface area contributed by atoms with E-state index in [1.807, 2.05) is 6.07 Å². The van der Waals surface area contributed by atoms with Gasteiger partial charge in [0.25, 0.3) is 5.91 Å². The van der Waals surface area contributed by atoms with Gasteiger partial charge in [-0.25, -0.2) is 4.39 Å². The van der Waals surface area contributed by atoms with Crippen LogP contribution in [0.3, 0.4) is 0 Å². The van der Waals surface area contributed by atoms with Gasteiger partial charge in [-0.3, -0.25) is 9.59 Å². The van der Waals surface area contributed by atoms with Gasteiger partial charge in [0.05, 0.1) is 21.1 Å². The van der Waals surface area contributed by atoms with E-state index in [0.717, 1.165) is 0 Å². The van der Waals surface area contributed by atoms with Crippen LogP contribution >= 0.6 is 23.2 Å². The van der Waals surface area contributed by atoms with Crippen LogP contribution in [0.25, 0.3) is 22.0 Å². The van der Waals surface area contributed by atoms with Gasteiger partial charge >= 0.3 is 0 Å². The normalized spacial score (nSPS) is 10.9. The van der Waals surface area contributed by atoms with Crippen molar-refractivity contribution in [2.75, 3.05) is 5.32 Å². The molecule has 0 saturated heterocycles. The molecular weight excluding hydrogens is 426 g/mol. The van der Waals surface area contributed by atoms with Gasteiger partial charge in [-0.1, -0.05) is 41.4 Å². The fourth-order valence-electron chi connectivity index (χ4n) is 3.34. The van der Waals surface area contributed by atoms with Crippen LogP contribution in [0.2, 0.25) is 10.0 Å². The van der Waals surface area contributed by atoms with Gasteiger partial charge in [-0.15, -0.1) is 0 Å². The SMILES string of the molecule is Cn1c(NC(=O)c2ccc(F)cc2)c(-c2ccc(Cl)c(Cl)c2)c(=O)c2ccccc21. The minimum atomic E-state index is -0.471. The standard InChI is InChI=1S/C23H15Cl2FN2O2/c1-28-19-5-3-2-4-16(19)21(29)20(14-8-11-17(24)18(25)12-14)22(28)27-23(30)13-6-9-15(26)10-7-13/h2-12H,1H3,(H,27,30). The zero-order valence-electron chi connectivity index (χ0n) is 15.7. The minimum absolute atomic E-state index is 0.253. The van der Waals surface area contributed by atoms with Crippen LogP contribution in [0.1, 0.15) is 10.4 Å². The molecule has 1 N–H and O–H groups in total. The van der Waals surface area contributed by atoms with E-state index >= 15 is 0 Å². The summed E-state index contributed by atoms with van der Waals surface area (Å²) >= 11 is 12.2. The average Bonchev–Trinajstić information content (AvgIpc) is 2.74. The molecule has 1 amide bonds. The highest BCUT2D eigenvalue weighted by Gasteiger charge is 2.20. The molecule has 0 saturated carbocycles. The van der Waals surface area contributed by atoms with Crippen LogP contribution in [0.15, 0.2) is 71.5 Å². The van der Waals surface area contributed by atoms with Gasteiger partial charge in [-0.2, -0.15) is 0 Å². The fourth-order valence-corrected chi connectivity index (χ4v) is 3.63. The largest absolute Gasteiger partial charge is 0.330 e. The van der Waals surface area contributed by atoms with Gasteiger partial charge in [0, 0.05) is 18.0 Å². The molecule has 0 aliphatic rings. The molecule has 1 heterocycles. The van der Waals surface area contributed by atoms with Crippen LogP contribution in [-0.2, 0) is 7.05 Å². The summed E-state index contributed by atoms with van der Waals surface area (Å²) in [6, 6.07) is 17.1. The second-order valence-electron chi connectivity index (χ2n) is 6.72. The molecule has 3 aromatic carbocycles. The number of hydrogen-bond donors (Lipinski definition) is 1. The molecule has 1 aromatic heterocycles. The number of amides is 1. The van der Waals surface area contributed by atoms with Crippen LogP contribution < -0.4 is 10.7 Å². The van der Waals surface area contributed by atoms with Crippen molar-refractivity contribution in [1.82, 2.24) is 4.57 Å². The monoisotopic (exact) mass is 440 g/mol. The maximum Gasteiger partial charge on any atom is 0.256 e. The van der Waals surface area contributed by atoms with E-state index in [0.29, 0.717) is 32.3 Å². The van der Waals surface area contributed by atoms with Crippen molar-refractivity contribution in [3.63, 3.8) is 0 Å². The van der Waals surface area contributed by atoms with Crippen molar-refractivity contribution >= 4 is 45.8 Å². The summed E-state index contributed by atoms with van der Waals surface area (Å²) < 4.78 is 15.0. The van der Waals surface area contributed by atoms with Crippen LogP contribution in [0, 0.1) is 5.82 Å². The summed E-state index contributed by atoms with van der Waals surface area (Å²) in [5.41, 5.74) is 1.46. The lowest BCUT2D eigenvalue weighted by atomic mass is 10.0. The number of nitrogens with one attached hydrogen (secondary N) is 1. The molecule has 4 rings (SSSR count). The summed E-state index contributed by atoms with van der Waals surface area (Å²) in [6.07, 6.45) is 0. The molecule has 30 heavy (non-hydrogen) atoms. The molecule has 0 spiro atoms. The Morgan fingerprint density at radius 1 is 0.967 bits per heavy atom. The zero-order valence-corrected chi connectivity index (χ0v) is 17.3. The number of carbonyl (C=O) groups is 1. The average molecular weight is 441 g/mol. The van der Waals surface area contributed by atoms with Gasteiger partial charge in [0.1, 0.15) is 11.6 Å². The lowest BCUT2D eigenvalue weighted by molar-refractivity contribution is 0.102. The Labute approximate surface area is 181 Å². The summed E-state index contributed by atoms with van der Waals surface area (Å²) in [7, 11) is 1.75. The number of nitrogens with zero attached hydrogens (tertiary/aromatic N) is 1. The number of hydrogen-bond acceptors (Lipinski definition) is 2. The highest BCUT2D eigenvalue weighted by Crippen LogP contribution is 2.32. The van der Waals surface area contributed by atoms with Crippen molar-refractivity contribution in [3.8, 4) is 11.1 Å². The number of fused-ring (bicyclic) bond motifs is 1. The third kappa shape index (κ3) is 3.58. The predicted molar refractivity (Wildman–Crippen MR) is 119 cm³/mol. The molecule has 0 aliphatic carbocycles. The van der Waals surface area contributed by atoms with Gasteiger partial charge in [0.2, 0.25) is 0 Å². The molecular formula is C23H15Cl2FN2O2. The lowest BCUT2D eigenvalue weighted by Gasteiger charge is -2.18. The number of rotatable bonds is 3. The molecule has 150 valence electrons. The third-order valence-electron chi connectivity index (χ3n) is 4.86. The molecule has 0 fully saturated rings. The molecule has 7 heteroatoms. The first-order chi connectivity index (χ1) is 14.4. The smallest absolute Gasteiger partial charge is 0.256 e. The van der Waals surface area contributed by atoms with Crippen LogP contribution in [0.4, 0.5) is 10.2 Å². The van der Waals surface area contributed by atoms with E-state index in [1.54, 1.807) is 48.0 Å². The quantitative estimate of drug-likeness (QED) is 0.430. The number of para-hydroxylation sites is 1. The van der Waals surface area contributed by atoms with E-state index in [2.05, 4.69) is 5.32 Å². The van der Waals surface area contributed by atoms with Crippen molar-refractivity contribution in [2.45, 2.75) is 0 Å². The Morgan fingerprint density at radius 2 is 1.67 bits per heavy atom. The van der Waals surface area contributed by atoms with E-state index in [-0.39, 0.29) is 16.6 Å². The minimum Gasteiger partial charge on any atom is -0.330 e. The van der Waals surface area contributed by atoms with Crippen molar-refractivity contribution in [1.29, 1.82) is 0 Å². The number of aryl methyl sites for hydroxylation is 1. The number of halogens is 3. The second-order valence-corrected chi connectivity index (χ2v) is 7.53. The first-order valence-electron chi connectivity index (χ1n) is 9.01. The predicted octanol–water partition coefficient (Wildman–Crippen LogP) is 5.90. The molecule has 4 nitrogen and oxygen atoms in total. The fraction of sp³-hybridized carbons (Fsp3) is 0.0435. The Balaban J connectivity index is 1.95. The summed E-state index contributed by atoms with van der Waals surface area (Å²) in [5.74, 6) is -0.617. The van der Waals surface area contributed by atoms with E-state index in [9.17, 15) is 14.0 Å². The number of pyridine rings is 1. The Bertz CT molecular complexity index is 1350. The number of aromatic nitrogens is 1. The van der Waals surface area contributed by atoms with Gasteiger partial charge < -0.3 is 9.88 Å². The Kier molecular flexibility index (Phi) is 5.33. The molecule has 4 aromatic rings. The highest BCUT2D eigenvalue weighted by molar-refractivity contribution is 6.42. The van der Waals surface area contributed by atoms with Crippen molar-refractivity contribution in [3.05, 3.63) is 98.4 Å². The summed E-state index contributed by atoms with van der Waals surface area (Å²) in [5, 5.41) is 3.95. The topological polar surface area (TPSA) is 51.1 Å². The second kappa shape index (κ2) is 7.94. The molecule has 0 aliphatic heterocycles. The molecule has 0 unspecified atom stereocenters. The van der Waals surface area contributed by atoms with Gasteiger partial charge in [0.15, 0.2) is 5.43 Å². The molecule has 0 bridgehead atoms. The number of benzene rings is 3. The first kappa shape index (κ1) is 20.1. The van der Waals surface area contributed by atoms with Crippen LogP contribution in [0.5, 0.6) is 0 Å². The first-order valence-corrected chi connectivity index (χ1v) is 9.76. The maximum absolute atomic E-state index is 13.4. The highest BCUT2D eigenvalue weighted by atomic mass is 35.5. The Morgan fingerprint density at radius 3 is 2.37 bits per heavy atom. The summed E-state index contributed by atoms with van der Waals surface area (Å²) in [6.45, 7) is 0. The Hall–Kier alpha value is -3.15. The van der Waals surface area contributed by atoms with Crippen molar-refractivity contribution in [2.24, 2.45) is 7.05 Å². The van der Waals surface area contributed by atoms with Gasteiger partial charge in [-0.05, 0) is 54.1 Å². The van der Waals surface area contributed by atoms with E-state index < -0.39 is 11.7 Å². The number of anilines is 1. The molecule has 0 atom stereocenters. The van der Waals surface area contributed by atoms with E-state index in [1.165, 1.54) is 24.3 Å². The molecule has 0 radical (unpaired) electrons. The van der Waals surface area contributed by atoms with E-state index in [4.69, 9.17) is 23.2 Å².